The number of carbonyl (C=O) groups excluding carboxylic acids is 3. The summed E-state index contributed by atoms with van der Waals surface area (Å²) in [5, 5.41) is 25.7. The average molecular weight is 636 g/mol. The van der Waals surface area contributed by atoms with Gasteiger partial charge in [0.15, 0.2) is 5.69 Å². The van der Waals surface area contributed by atoms with Crippen molar-refractivity contribution in [3.63, 3.8) is 0 Å². The summed E-state index contributed by atoms with van der Waals surface area (Å²) in [6.07, 6.45) is 1.57. The largest absolute Gasteiger partial charge is 0.501 e. The van der Waals surface area contributed by atoms with Crippen molar-refractivity contribution in [2.24, 2.45) is 5.41 Å². The van der Waals surface area contributed by atoms with Crippen LogP contribution in [0.1, 0.15) is 58.0 Å². The van der Waals surface area contributed by atoms with Crippen LogP contribution in [0.3, 0.4) is 0 Å². The zero-order chi connectivity index (χ0) is 27.8. The summed E-state index contributed by atoms with van der Waals surface area (Å²) in [6.45, 7) is -0.0158. The van der Waals surface area contributed by atoms with E-state index in [1.165, 1.54) is 42.9 Å². The molecule has 2 aromatic rings. The molecule has 1 atom stereocenters. The Morgan fingerprint density at radius 1 is 1.24 bits per heavy atom. The lowest BCUT2D eigenvalue weighted by atomic mass is 9.67. The van der Waals surface area contributed by atoms with Crippen LogP contribution in [0.2, 0.25) is 0 Å². The summed E-state index contributed by atoms with van der Waals surface area (Å²) in [6, 6.07) is 7.63. The lowest BCUT2D eigenvalue weighted by Crippen LogP contribution is -2.54. The minimum atomic E-state index is -1.28. The van der Waals surface area contributed by atoms with E-state index in [0.717, 1.165) is 4.90 Å². The quantitative estimate of drug-likeness (QED) is 0.257. The highest BCUT2D eigenvalue weighted by Gasteiger charge is 2.55. The molecule has 1 aliphatic carbocycles. The van der Waals surface area contributed by atoms with E-state index < -0.39 is 55.5 Å². The number of benzene rings is 1. The molecule has 3 heterocycles. The molecule has 11 nitrogen and oxygen atoms in total. The highest BCUT2D eigenvalue weighted by Crippen LogP contribution is 2.58. The summed E-state index contributed by atoms with van der Waals surface area (Å²) in [4.78, 5) is 57.4. The Bertz CT molecular complexity index is 1390. The average Bonchev–Trinajstić information content (AvgIpc) is 3.04. The van der Waals surface area contributed by atoms with Crippen LogP contribution in [0.5, 0.6) is 5.75 Å². The zero-order valence-corrected chi connectivity index (χ0v) is 22.9. The number of hydrogen-bond acceptors (Lipinski definition) is 7. The normalized spacial score (nSPS) is 23.5. The van der Waals surface area contributed by atoms with Gasteiger partial charge in [0.25, 0.3) is 11.5 Å². The molecule has 5 rings (SSSR count). The van der Waals surface area contributed by atoms with Gasteiger partial charge in [0.05, 0.1) is 15.7 Å². The van der Waals surface area contributed by atoms with Crippen molar-refractivity contribution >= 4 is 40.3 Å². The van der Waals surface area contributed by atoms with Crippen LogP contribution in [-0.2, 0) is 21.7 Å². The molecule has 0 spiro atoms. The van der Waals surface area contributed by atoms with Crippen LogP contribution in [0.15, 0.2) is 29.1 Å². The van der Waals surface area contributed by atoms with Gasteiger partial charge in [-0.2, -0.15) is 5.26 Å². The number of aromatic nitrogens is 2. The first kappa shape index (κ1) is 27.5. The van der Waals surface area contributed by atoms with Crippen molar-refractivity contribution in [2.75, 3.05) is 14.1 Å². The number of nitrogens with one attached hydrogen (secondary N) is 2. The molecule has 1 saturated carbocycles. The number of hydrogen-bond donors (Lipinski definition) is 3. The molecule has 1 fully saturated rings. The van der Waals surface area contributed by atoms with Crippen molar-refractivity contribution in [3.8, 4) is 11.8 Å². The zero-order valence-electron chi connectivity index (χ0n) is 20.8. The third-order valence-electron chi connectivity index (χ3n) is 7.32. The fourth-order valence-corrected chi connectivity index (χ4v) is 6.44. The van der Waals surface area contributed by atoms with Crippen LogP contribution >= 0.6 is 22.6 Å². The minimum Gasteiger partial charge on any atom is -0.501 e. The maximum absolute atomic E-state index is 13.5. The highest BCUT2D eigenvalue weighted by atomic mass is 127. The second-order valence-corrected chi connectivity index (χ2v) is 11.1. The lowest BCUT2D eigenvalue weighted by Gasteiger charge is -2.42. The van der Waals surface area contributed by atoms with Gasteiger partial charge >= 0.3 is 11.8 Å². The number of nitriles is 1. The van der Waals surface area contributed by atoms with Gasteiger partial charge in [0, 0.05) is 32.5 Å². The molecule has 1 aromatic carbocycles. The fraction of sp³-hybridized carbons (Fsp3) is 0.440. The second-order valence-electron chi connectivity index (χ2n) is 9.89. The van der Waals surface area contributed by atoms with Crippen molar-refractivity contribution in [3.05, 3.63) is 57.5 Å². The Balaban J connectivity index is 1.80. The summed E-state index contributed by atoms with van der Waals surface area (Å²) in [5.74, 6) is -3.79. The van der Waals surface area contributed by atoms with Gasteiger partial charge in [-0.15, -0.1) is 0 Å². The number of carbonyl (C=O) groups is 3. The molecule has 3 N–H and O–H groups in total. The fourth-order valence-electron chi connectivity index (χ4n) is 5.08. The van der Waals surface area contributed by atoms with Gasteiger partial charge in [0.2, 0.25) is 5.75 Å². The first-order valence-electron chi connectivity index (χ1n) is 11.9. The van der Waals surface area contributed by atoms with Gasteiger partial charge in [-0.3, -0.25) is 23.7 Å². The minimum absolute atomic E-state index is 0.0158. The number of halogens is 2. The van der Waals surface area contributed by atoms with Gasteiger partial charge < -0.3 is 20.6 Å². The Morgan fingerprint density at radius 2 is 1.87 bits per heavy atom. The third-order valence-corrected chi connectivity index (χ3v) is 9.19. The summed E-state index contributed by atoms with van der Waals surface area (Å²) >= 11 is 2.04. The first-order chi connectivity index (χ1) is 17.9. The van der Waals surface area contributed by atoms with Crippen molar-refractivity contribution in [1.82, 2.24) is 25.1 Å². The number of likely N-dealkylation sites (N-methyl/N-ethyl adjacent to an activating group) is 1. The standard InChI is InChI=1S/C25H26FIN6O5/c1-32(2)21(38)19(36)31-25-9-7-24(8-10-25,11-12-28)22(27)33-20(37)17(34)16(30-23(25)33)18(35)29-13-14-3-5-15(26)6-4-14/h3-6,22,34H,7-11,13H2,1-2H3,(H,29,35)(H,31,36). The molecular weight excluding hydrogens is 610 g/mol. The molecule has 200 valence electrons. The van der Waals surface area contributed by atoms with Gasteiger partial charge in [-0.05, 0) is 43.4 Å². The Labute approximate surface area is 231 Å². The summed E-state index contributed by atoms with van der Waals surface area (Å²) < 4.78 is 13.8. The molecule has 0 radical (unpaired) electrons. The smallest absolute Gasteiger partial charge is 0.311 e. The molecule has 1 aromatic heterocycles. The monoisotopic (exact) mass is 636 g/mol. The van der Waals surface area contributed by atoms with E-state index in [9.17, 15) is 33.9 Å². The van der Waals surface area contributed by atoms with E-state index >= 15 is 0 Å². The highest BCUT2D eigenvalue weighted by molar-refractivity contribution is 14.1. The lowest BCUT2D eigenvalue weighted by molar-refractivity contribution is -0.145. The van der Waals surface area contributed by atoms with Gasteiger partial charge in [-0.1, -0.05) is 34.7 Å². The maximum Gasteiger partial charge on any atom is 0.311 e. The SMILES string of the molecule is CN(C)C(=O)C(=O)NC12CCC(CC#N)(CC1)C(I)n1c2nc(C(=O)NCc2ccc(F)cc2)c(O)c1=O. The number of amides is 3. The number of fused-ring (bicyclic) bond motifs is 2. The van der Waals surface area contributed by atoms with E-state index in [0.29, 0.717) is 18.4 Å². The van der Waals surface area contributed by atoms with Crippen LogP contribution < -0.4 is 16.2 Å². The van der Waals surface area contributed by atoms with Gasteiger partial charge in [-0.25, -0.2) is 9.37 Å². The van der Waals surface area contributed by atoms with E-state index in [4.69, 9.17) is 0 Å². The van der Waals surface area contributed by atoms with E-state index in [1.807, 2.05) is 22.6 Å². The Kier molecular flexibility index (Phi) is 7.46. The molecule has 1 unspecified atom stereocenters. The molecule has 3 amide bonds. The summed E-state index contributed by atoms with van der Waals surface area (Å²) in [5.41, 5.74) is -2.74. The van der Waals surface area contributed by atoms with Crippen LogP contribution in [0, 0.1) is 22.6 Å². The predicted molar refractivity (Wildman–Crippen MR) is 140 cm³/mol. The summed E-state index contributed by atoms with van der Waals surface area (Å²) in [7, 11) is 2.87. The number of aromatic hydroxyl groups is 1. The van der Waals surface area contributed by atoms with E-state index in [1.54, 1.807) is 0 Å². The van der Waals surface area contributed by atoms with Crippen molar-refractivity contribution < 1.29 is 23.9 Å². The Morgan fingerprint density at radius 3 is 2.45 bits per heavy atom. The first-order valence-corrected chi connectivity index (χ1v) is 13.1. The topological polar surface area (TPSA) is 157 Å². The number of rotatable bonds is 5. The molecule has 38 heavy (non-hydrogen) atoms. The molecule has 13 heteroatoms. The molecule has 2 bridgehead atoms. The van der Waals surface area contributed by atoms with Crippen molar-refractivity contribution in [1.29, 1.82) is 5.26 Å². The van der Waals surface area contributed by atoms with Crippen LogP contribution in [0.4, 0.5) is 4.39 Å². The number of alkyl halides is 1. The van der Waals surface area contributed by atoms with Crippen LogP contribution in [0.25, 0.3) is 0 Å². The molecular formula is C25H26FIN6O5. The van der Waals surface area contributed by atoms with Crippen LogP contribution in [-0.4, -0.2) is 51.4 Å². The third kappa shape index (κ3) is 4.72. The van der Waals surface area contributed by atoms with E-state index in [2.05, 4.69) is 21.7 Å². The maximum atomic E-state index is 13.5. The number of nitrogens with zero attached hydrogens (tertiary/aromatic N) is 4. The molecule has 2 aliphatic heterocycles. The molecule has 3 aliphatic rings. The second kappa shape index (κ2) is 10.3. The van der Waals surface area contributed by atoms with Gasteiger partial charge in [0.1, 0.15) is 11.6 Å². The predicted octanol–water partition coefficient (Wildman–Crippen LogP) is 1.84. The molecule has 0 saturated heterocycles. The van der Waals surface area contributed by atoms with Crippen molar-refractivity contribution in [2.45, 2.75) is 48.2 Å². The van der Waals surface area contributed by atoms with E-state index in [-0.39, 0.29) is 31.6 Å². The Hall–Kier alpha value is -3.54.